The van der Waals surface area contributed by atoms with Gasteiger partial charge in [0, 0.05) is 25.6 Å². The number of benzene rings is 1. The van der Waals surface area contributed by atoms with Crippen LogP contribution < -0.4 is 4.74 Å². The monoisotopic (exact) mass is 425 g/mol. The van der Waals surface area contributed by atoms with Gasteiger partial charge in [-0.15, -0.1) is 0 Å². The molecule has 2 aromatic rings. The fraction of sp³-hybridized carbons (Fsp3) is 0.542. The Bertz CT molecular complexity index is 977. The summed E-state index contributed by atoms with van der Waals surface area (Å²) in [6.07, 6.45) is 3.00. The van der Waals surface area contributed by atoms with E-state index in [-0.39, 0.29) is 23.1 Å². The minimum Gasteiger partial charge on any atom is -0.497 e. The zero-order valence-corrected chi connectivity index (χ0v) is 18.8. The lowest BCUT2D eigenvalue weighted by Gasteiger charge is -2.30. The molecular formula is C24H31N3O4. The first kappa shape index (κ1) is 21.6. The van der Waals surface area contributed by atoms with Crippen LogP contribution in [0.15, 0.2) is 24.3 Å². The fourth-order valence-corrected chi connectivity index (χ4v) is 4.83. The maximum absolute atomic E-state index is 13.3. The van der Waals surface area contributed by atoms with E-state index in [0.29, 0.717) is 37.4 Å². The van der Waals surface area contributed by atoms with Gasteiger partial charge in [0.25, 0.3) is 5.91 Å². The van der Waals surface area contributed by atoms with Gasteiger partial charge >= 0.3 is 0 Å². The highest BCUT2D eigenvalue weighted by Gasteiger charge is 2.41. The molecule has 0 bridgehead atoms. The van der Waals surface area contributed by atoms with Crippen molar-refractivity contribution < 1.29 is 19.1 Å². The number of fused-ring (bicyclic) bond motifs is 1. The van der Waals surface area contributed by atoms with Gasteiger partial charge in [-0.25, -0.2) is 0 Å². The molecule has 1 amide bonds. The number of hydrogen-bond acceptors (Lipinski definition) is 5. The van der Waals surface area contributed by atoms with Crippen LogP contribution in [0.3, 0.4) is 0 Å². The first-order chi connectivity index (χ1) is 14.8. The van der Waals surface area contributed by atoms with Crippen LogP contribution in [0.5, 0.6) is 5.75 Å². The molecule has 7 heteroatoms. The first-order valence-corrected chi connectivity index (χ1v) is 10.9. The number of Topliss-reactive ketones (excluding diaryl/α,β-unsaturated/α-hetero) is 1. The summed E-state index contributed by atoms with van der Waals surface area (Å²) in [5.74, 6) is 0.816. The highest BCUT2D eigenvalue weighted by Crippen LogP contribution is 2.41. The van der Waals surface area contributed by atoms with Gasteiger partial charge in [0.2, 0.25) is 0 Å². The number of carbonyl (C=O) groups is 2. The molecule has 0 unspecified atom stereocenters. The number of carbonyl (C=O) groups excluding carboxylic acids is 2. The lowest BCUT2D eigenvalue weighted by molar-refractivity contribution is 0.0728. The average molecular weight is 426 g/mol. The molecule has 1 aromatic carbocycles. The van der Waals surface area contributed by atoms with Crippen molar-refractivity contribution in [3.8, 4) is 5.75 Å². The number of likely N-dealkylation sites (tertiary alicyclic amines) is 1. The molecule has 1 fully saturated rings. The lowest BCUT2D eigenvalue weighted by atomic mass is 9.75. The van der Waals surface area contributed by atoms with Crippen LogP contribution in [0.4, 0.5) is 0 Å². The molecule has 1 saturated heterocycles. The van der Waals surface area contributed by atoms with E-state index >= 15 is 0 Å². The van der Waals surface area contributed by atoms with Crippen molar-refractivity contribution >= 4 is 11.7 Å². The van der Waals surface area contributed by atoms with Crippen molar-refractivity contribution in [3.05, 3.63) is 46.8 Å². The Hall–Kier alpha value is -2.67. The number of nitrogens with zero attached hydrogens (tertiary/aromatic N) is 3. The van der Waals surface area contributed by atoms with Gasteiger partial charge in [0.1, 0.15) is 5.75 Å². The SMILES string of the molecule is COCCn1nc([C@@H]2CCCN2C(=O)c2ccc(OC)cc2)c2c1CC(C)(C)CC2=O. The van der Waals surface area contributed by atoms with Crippen molar-refractivity contribution in [2.75, 3.05) is 27.4 Å². The van der Waals surface area contributed by atoms with Crippen LogP contribution in [0.25, 0.3) is 0 Å². The smallest absolute Gasteiger partial charge is 0.254 e. The molecule has 0 radical (unpaired) electrons. The van der Waals surface area contributed by atoms with E-state index < -0.39 is 0 Å². The maximum Gasteiger partial charge on any atom is 0.254 e. The Morgan fingerprint density at radius 2 is 1.94 bits per heavy atom. The van der Waals surface area contributed by atoms with Gasteiger partial charge in [-0.05, 0) is 48.9 Å². The minimum absolute atomic E-state index is 0.0334. The lowest BCUT2D eigenvalue weighted by Crippen LogP contribution is -2.32. The number of ether oxygens (including phenoxy) is 2. The molecule has 0 N–H and O–H groups in total. The minimum atomic E-state index is -0.183. The Morgan fingerprint density at radius 1 is 1.19 bits per heavy atom. The van der Waals surface area contributed by atoms with Gasteiger partial charge in [0.15, 0.2) is 5.78 Å². The quantitative estimate of drug-likeness (QED) is 0.706. The number of amides is 1. The first-order valence-electron chi connectivity index (χ1n) is 10.9. The van der Waals surface area contributed by atoms with E-state index in [0.717, 1.165) is 36.2 Å². The Morgan fingerprint density at radius 3 is 2.61 bits per heavy atom. The third-order valence-corrected chi connectivity index (χ3v) is 6.32. The highest BCUT2D eigenvalue weighted by molar-refractivity contribution is 6.00. The molecule has 2 heterocycles. The van der Waals surface area contributed by atoms with Crippen LogP contribution in [0.2, 0.25) is 0 Å². The molecule has 166 valence electrons. The van der Waals surface area contributed by atoms with Crippen molar-refractivity contribution in [3.63, 3.8) is 0 Å². The summed E-state index contributed by atoms with van der Waals surface area (Å²) in [6, 6.07) is 6.99. The molecule has 4 rings (SSSR count). The number of rotatable bonds is 6. The van der Waals surface area contributed by atoms with E-state index in [1.165, 1.54) is 0 Å². The molecule has 1 aliphatic heterocycles. The normalized spacial score (nSPS) is 20.1. The van der Waals surface area contributed by atoms with Gasteiger partial charge in [0.05, 0.1) is 43.3 Å². The summed E-state index contributed by atoms with van der Waals surface area (Å²) < 4.78 is 12.4. The summed E-state index contributed by atoms with van der Waals surface area (Å²) in [6.45, 7) is 6.03. The molecule has 0 spiro atoms. The fourth-order valence-electron chi connectivity index (χ4n) is 4.83. The van der Waals surface area contributed by atoms with E-state index in [1.54, 1.807) is 38.5 Å². The molecule has 31 heavy (non-hydrogen) atoms. The van der Waals surface area contributed by atoms with Gasteiger partial charge in [-0.3, -0.25) is 14.3 Å². The topological polar surface area (TPSA) is 73.7 Å². The third-order valence-electron chi connectivity index (χ3n) is 6.32. The molecule has 1 aromatic heterocycles. The summed E-state index contributed by atoms with van der Waals surface area (Å²) in [5, 5.41) is 4.88. The highest BCUT2D eigenvalue weighted by atomic mass is 16.5. The van der Waals surface area contributed by atoms with Gasteiger partial charge < -0.3 is 14.4 Å². The van der Waals surface area contributed by atoms with Crippen LogP contribution in [0.1, 0.15) is 71.3 Å². The van der Waals surface area contributed by atoms with Crippen LogP contribution in [-0.2, 0) is 17.7 Å². The number of aromatic nitrogens is 2. The second-order valence-corrected chi connectivity index (χ2v) is 9.25. The number of hydrogen-bond donors (Lipinski definition) is 0. The Kier molecular flexibility index (Phi) is 5.88. The van der Waals surface area contributed by atoms with E-state index in [4.69, 9.17) is 14.6 Å². The zero-order valence-electron chi connectivity index (χ0n) is 18.8. The predicted molar refractivity (Wildman–Crippen MR) is 117 cm³/mol. The summed E-state index contributed by atoms with van der Waals surface area (Å²) >= 11 is 0. The molecular weight excluding hydrogens is 394 g/mol. The number of methoxy groups -OCH3 is 2. The Labute approximate surface area is 183 Å². The zero-order chi connectivity index (χ0) is 22.2. The van der Waals surface area contributed by atoms with Crippen LogP contribution >= 0.6 is 0 Å². The third kappa shape index (κ3) is 4.11. The van der Waals surface area contributed by atoms with Crippen LogP contribution in [0, 0.1) is 5.41 Å². The Balaban J connectivity index is 1.70. The van der Waals surface area contributed by atoms with Crippen molar-refractivity contribution in [1.29, 1.82) is 0 Å². The molecule has 0 saturated carbocycles. The number of ketones is 1. The summed E-state index contributed by atoms with van der Waals surface area (Å²) in [4.78, 5) is 28.4. The van der Waals surface area contributed by atoms with Crippen molar-refractivity contribution in [2.45, 2.75) is 52.1 Å². The van der Waals surface area contributed by atoms with Gasteiger partial charge in [-0.2, -0.15) is 5.10 Å². The largest absolute Gasteiger partial charge is 0.497 e. The van der Waals surface area contributed by atoms with E-state index in [1.807, 2.05) is 9.58 Å². The van der Waals surface area contributed by atoms with Crippen molar-refractivity contribution in [1.82, 2.24) is 14.7 Å². The summed E-state index contributed by atoms with van der Waals surface area (Å²) in [5.41, 5.74) is 2.99. The van der Waals surface area contributed by atoms with Crippen molar-refractivity contribution in [2.24, 2.45) is 5.41 Å². The second-order valence-electron chi connectivity index (χ2n) is 9.25. The summed E-state index contributed by atoms with van der Waals surface area (Å²) in [7, 11) is 3.27. The molecule has 1 aliphatic carbocycles. The molecule has 2 aliphatic rings. The van der Waals surface area contributed by atoms with E-state index in [9.17, 15) is 9.59 Å². The molecule has 7 nitrogen and oxygen atoms in total. The molecule has 1 atom stereocenters. The van der Waals surface area contributed by atoms with E-state index in [2.05, 4.69) is 13.8 Å². The average Bonchev–Trinajstić information content (AvgIpc) is 3.35. The maximum atomic E-state index is 13.3. The van der Waals surface area contributed by atoms with Gasteiger partial charge in [-0.1, -0.05) is 13.8 Å². The second kappa shape index (κ2) is 8.46. The van der Waals surface area contributed by atoms with Crippen LogP contribution in [-0.4, -0.2) is 53.7 Å². The standard InChI is InChI=1S/C24H31N3O4/c1-24(2)14-19-21(20(28)15-24)22(25-27(19)12-13-30-3)18-6-5-11-26(18)23(29)16-7-9-17(31-4)10-8-16/h7-10,18H,5-6,11-15H2,1-4H3/t18-/m0/s1. The predicted octanol–water partition coefficient (Wildman–Crippen LogP) is 3.67.